The topological polar surface area (TPSA) is 74.8 Å². The fourth-order valence-corrected chi connectivity index (χ4v) is 7.26. The van der Waals surface area contributed by atoms with Gasteiger partial charge in [0.2, 0.25) is 0 Å². The molecule has 0 N–H and O–H groups in total. The summed E-state index contributed by atoms with van der Waals surface area (Å²) in [4.78, 5) is 33.1. The van der Waals surface area contributed by atoms with E-state index in [0.29, 0.717) is 26.4 Å². The molecule has 1 aliphatic rings. The first kappa shape index (κ1) is 29.1. The van der Waals surface area contributed by atoms with Crippen LogP contribution in [0.1, 0.15) is 42.4 Å². The van der Waals surface area contributed by atoms with E-state index < -0.39 is 12.0 Å². The Hall–Kier alpha value is -3.96. The molecule has 7 nitrogen and oxygen atoms in total. The van der Waals surface area contributed by atoms with Crippen LogP contribution in [0.15, 0.2) is 87.8 Å². The lowest BCUT2D eigenvalue weighted by molar-refractivity contribution is -0.139. The van der Waals surface area contributed by atoms with Crippen LogP contribution < -0.4 is 19.6 Å². The van der Waals surface area contributed by atoms with E-state index in [4.69, 9.17) is 14.5 Å². The van der Waals surface area contributed by atoms with E-state index in [1.54, 1.807) is 25.5 Å². The molecule has 0 bridgehead atoms. The number of methoxy groups -OCH3 is 1. The molecular formula is C34H30IN3O4S. The Morgan fingerprint density at radius 3 is 2.53 bits per heavy atom. The summed E-state index contributed by atoms with van der Waals surface area (Å²) in [6, 6.07) is 21.4. The zero-order valence-corrected chi connectivity index (χ0v) is 27.4. The maximum absolute atomic E-state index is 14.3. The molecule has 5 aromatic rings. The summed E-state index contributed by atoms with van der Waals surface area (Å²) in [5.41, 5.74) is 5.45. The second kappa shape index (κ2) is 11.6. The number of thiazole rings is 1. The minimum Gasteiger partial charge on any atom is -0.496 e. The molecule has 43 heavy (non-hydrogen) atoms. The maximum atomic E-state index is 14.3. The molecule has 0 spiro atoms. The molecule has 1 aliphatic heterocycles. The highest BCUT2D eigenvalue weighted by Gasteiger charge is 2.36. The van der Waals surface area contributed by atoms with Gasteiger partial charge in [-0.05, 0) is 109 Å². The Labute approximate surface area is 266 Å². The number of rotatable bonds is 6. The number of hydrogen-bond acceptors (Lipinski definition) is 6. The average Bonchev–Trinajstić information content (AvgIpc) is 3.45. The summed E-state index contributed by atoms with van der Waals surface area (Å²) < 4.78 is 16.9. The number of nitrogens with zero attached hydrogens (tertiary/aromatic N) is 3. The van der Waals surface area contributed by atoms with Gasteiger partial charge in [-0.3, -0.25) is 9.36 Å². The molecule has 6 rings (SSSR count). The average molecular weight is 704 g/mol. The van der Waals surface area contributed by atoms with Crippen LogP contribution in [-0.2, 0) is 9.53 Å². The number of esters is 1. The molecule has 0 saturated heterocycles. The summed E-state index contributed by atoms with van der Waals surface area (Å²) in [5.74, 6) is 0.0786. The van der Waals surface area contributed by atoms with Crippen molar-refractivity contribution in [3.05, 3.63) is 124 Å². The first-order chi connectivity index (χ1) is 20.7. The van der Waals surface area contributed by atoms with Crippen LogP contribution in [-0.4, -0.2) is 28.8 Å². The van der Waals surface area contributed by atoms with Gasteiger partial charge in [-0.2, -0.15) is 0 Å². The van der Waals surface area contributed by atoms with Crippen LogP contribution in [0, 0.1) is 17.4 Å². The maximum Gasteiger partial charge on any atom is 0.338 e. The smallest absolute Gasteiger partial charge is 0.338 e. The van der Waals surface area contributed by atoms with E-state index in [9.17, 15) is 9.59 Å². The predicted octanol–water partition coefficient (Wildman–Crippen LogP) is 5.97. The zero-order chi connectivity index (χ0) is 30.4. The van der Waals surface area contributed by atoms with Crippen LogP contribution in [0.4, 0.5) is 0 Å². The minimum atomic E-state index is -0.780. The van der Waals surface area contributed by atoms with Crippen LogP contribution in [0.3, 0.4) is 0 Å². The van der Waals surface area contributed by atoms with E-state index in [-0.39, 0.29) is 12.2 Å². The number of aryl methyl sites for hydroxylation is 1. The molecule has 1 atom stereocenters. The molecular weight excluding hydrogens is 673 g/mol. The summed E-state index contributed by atoms with van der Waals surface area (Å²) in [6.45, 7) is 7.88. The van der Waals surface area contributed by atoms with E-state index in [2.05, 4.69) is 71.3 Å². The van der Waals surface area contributed by atoms with Gasteiger partial charge in [0, 0.05) is 26.2 Å². The normalized spacial score (nSPS) is 15.0. The molecule has 0 radical (unpaired) electrons. The number of hydrogen-bond donors (Lipinski definition) is 0. The Bertz CT molecular complexity index is 2120. The lowest BCUT2D eigenvalue weighted by Crippen LogP contribution is -2.40. The number of benzene rings is 3. The molecule has 2 aromatic heterocycles. The fraction of sp³-hybridized carbons (Fsp3) is 0.206. The third kappa shape index (κ3) is 5.04. The molecule has 0 fully saturated rings. The summed E-state index contributed by atoms with van der Waals surface area (Å²) in [6.07, 6.45) is 1.93. The molecule has 0 amide bonds. The Kier molecular flexibility index (Phi) is 7.87. The molecule has 9 heteroatoms. The summed E-state index contributed by atoms with van der Waals surface area (Å²) in [5, 5.41) is 1.86. The number of carbonyl (C=O) groups is 1. The third-order valence-electron chi connectivity index (χ3n) is 7.78. The molecule has 218 valence electrons. The second-order valence-corrected chi connectivity index (χ2v) is 12.6. The van der Waals surface area contributed by atoms with Gasteiger partial charge in [0.15, 0.2) is 4.80 Å². The SMILES string of the molecule is CCOC(=O)C1=C(C)N=c2s/c(=C\c3cc(C)n(-c4ccc(I)cc4)c3C)c(=O)n2[C@H]1c1c(OC)ccc2ccccc12. The van der Waals surface area contributed by atoms with Crippen molar-refractivity contribution in [2.24, 2.45) is 4.99 Å². The van der Waals surface area contributed by atoms with Crippen molar-refractivity contribution in [1.29, 1.82) is 0 Å². The van der Waals surface area contributed by atoms with Crippen molar-refractivity contribution in [1.82, 2.24) is 9.13 Å². The van der Waals surface area contributed by atoms with Gasteiger partial charge in [0.1, 0.15) is 11.8 Å². The van der Waals surface area contributed by atoms with Crippen molar-refractivity contribution in [3.8, 4) is 11.4 Å². The van der Waals surface area contributed by atoms with Crippen molar-refractivity contribution < 1.29 is 14.3 Å². The van der Waals surface area contributed by atoms with Gasteiger partial charge in [0.25, 0.3) is 5.56 Å². The van der Waals surface area contributed by atoms with Crippen LogP contribution >= 0.6 is 33.9 Å². The lowest BCUT2D eigenvalue weighted by Gasteiger charge is -2.27. The molecule has 0 saturated carbocycles. The second-order valence-electron chi connectivity index (χ2n) is 10.3. The van der Waals surface area contributed by atoms with Crippen molar-refractivity contribution in [3.63, 3.8) is 0 Å². The predicted molar refractivity (Wildman–Crippen MR) is 179 cm³/mol. The standard InChI is InChI=1S/C34H30IN3O4S/c1-6-42-33(40)29-20(3)36-34-38(31(29)30-26-10-8-7-9-22(26)11-16-27(30)41-5)32(39)28(43-34)18-23-17-19(2)37(21(23)4)25-14-12-24(35)13-15-25/h7-18,31H,6H2,1-5H3/b28-18-/t31-/m1/s1. The minimum absolute atomic E-state index is 0.204. The summed E-state index contributed by atoms with van der Waals surface area (Å²) >= 11 is 3.62. The first-order valence-electron chi connectivity index (χ1n) is 13.9. The zero-order valence-electron chi connectivity index (χ0n) is 24.5. The highest BCUT2D eigenvalue weighted by molar-refractivity contribution is 14.1. The first-order valence-corrected chi connectivity index (χ1v) is 15.8. The van der Waals surface area contributed by atoms with Crippen LogP contribution in [0.25, 0.3) is 22.5 Å². The molecule has 0 aliphatic carbocycles. The van der Waals surface area contributed by atoms with Gasteiger partial charge in [-0.15, -0.1) is 0 Å². The van der Waals surface area contributed by atoms with Gasteiger partial charge < -0.3 is 14.0 Å². The monoisotopic (exact) mass is 703 g/mol. The van der Waals surface area contributed by atoms with Crippen molar-refractivity contribution in [2.45, 2.75) is 33.7 Å². The van der Waals surface area contributed by atoms with E-state index >= 15 is 0 Å². The quantitative estimate of drug-likeness (QED) is 0.161. The van der Waals surface area contributed by atoms with Gasteiger partial charge >= 0.3 is 5.97 Å². The van der Waals surface area contributed by atoms with Gasteiger partial charge in [0.05, 0.1) is 29.5 Å². The number of fused-ring (bicyclic) bond motifs is 2. The van der Waals surface area contributed by atoms with Crippen molar-refractivity contribution in [2.75, 3.05) is 13.7 Å². The molecule has 3 aromatic carbocycles. The van der Waals surface area contributed by atoms with Gasteiger partial charge in [-0.1, -0.05) is 41.7 Å². The molecule has 3 heterocycles. The van der Waals surface area contributed by atoms with Crippen LogP contribution in [0.2, 0.25) is 0 Å². The number of ether oxygens (including phenoxy) is 2. The van der Waals surface area contributed by atoms with E-state index in [1.807, 2.05) is 42.5 Å². The highest BCUT2D eigenvalue weighted by atomic mass is 127. The molecule has 0 unspecified atom stereocenters. The summed E-state index contributed by atoms with van der Waals surface area (Å²) in [7, 11) is 1.60. The largest absolute Gasteiger partial charge is 0.496 e. The lowest BCUT2D eigenvalue weighted by atomic mass is 9.90. The third-order valence-corrected chi connectivity index (χ3v) is 9.48. The van der Waals surface area contributed by atoms with E-state index in [1.165, 1.54) is 14.9 Å². The van der Waals surface area contributed by atoms with Crippen molar-refractivity contribution >= 4 is 56.7 Å². The number of carbonyl (C=O) groups excluding carboxylic acids is 1. The number of halogens is 1. The Balaban J connectivity index is 1.60. The highest BCUT2D eigenvalue weighted by Crippen LogP contribution is 2.40. The number of aromatic nitrogens is 2. The van der Waals surface area contributed by atoms with Crippen LogP contribution in [0.5, 0.6) is 5.75 Å². The number of allylic oxidation sites excluding steroid dienone is 1. The Morgan fingerprint density at radius 2 is 1.81 bits per heavy atom. The van der Waals surface area contributed by atoms with Gasteiger partial charge in [-0.25, -0.2) is 9.79 Å². The Morgan fingerprint density at radius 1 is 1.07 bits per heavy atom. The van der Waals surface area contributed by atoms with E-state index in [0.717, 1.165) is 39.0 Å². The fourth-order valence-electron chi connectivity index (χ4n) is 5.86.